The van der Waals surface area contributed by atoms with Crippen LogP contribution in [0.3, 0.4) is 0 Å². The summed E-state index contributed by atoms with van der Waals surface area (Å²) in [6.07, 6.45) is 2.17. The Morgan fingerprint density at radius 1 is 1.38 bits per heavy atom. The fraction of sp³-hybridized carbons (Fsp3) is 0.588. The van der Waals surface area contributed by atoms with Crippen LogP contribution in [0, 0.1) is 0 Å². The van der Waals surface area contributed by atoms with Gasteiger partial charge in [0.05, 0.1) is 17.6 Å². The summed E-state index contributed by atoms with van der Waals surface area (Å²) in [6.45, 7) is 5.11. The molecular weight excluding hydrogens is 356 g/mol. The monoisotopic (exact) mass is 380 g/mol. The molecule has 0 bridgehead atoms. The first-order chi connectivity index (χ1) is 12.3. The van der Waals surface area contributed by atoms with Crippen molar-refractivity contribution in [2.45, 2.75) is 51.9 Å². The van der Waals surface area contributed by atoms with Crippen molar-refractivity contribution in [3.63, 3.8) is 0 Å². The van der Waals surface area contributed by atoms with E-state index in [2.05, 4.69) is 10.3 Å². The minimum Gasteiger partial charge on any atom is -0.370 e. The summed E-state index contributed by atoms with van der Waals surface area (Å²) in [6, 6.07) is 0. The van der Waals surface area contributed by atoms with E-state index < -0.39 is 11.2 Å². The van der Waals surface area contributed by atoms with Gasteiger partial charge in [0.15, 0.2) is 0 Å². The molecule has 3 rings (SSSR count). The number of unbranched alkanes of at least 4 members (excludes halogenated alkanes) is 1. The molecule has 8 nitrogen and oxygen atoms in total. The molecule has 0 atom stereocenters. The van der Waals surface area contributed by atoms with Gasteiger partial charge in [0.1, 0.15) is 11.4 Å². The van der Waals surface area contributed by atoms with E-state index in [0.29, 0.717) is 36.3 Å². The van der Waals surface area contributed by atoms with Gasteiger partial charge in [0.2, 0.25) is 5.91 Å². The minimum atomic E-state index is -0.571. The summed E-state index contributed by atoms with van der Waals surface area (Å²) < 4.78 is 6.76. The van der Waals surface area contributed by atoms with Gasteiger partial charge in [0.25, 0.3) is 5.56 Å². The maximum atomic E-state index is 12.9. The van der Waals surface area contributed by atoms with E-state index >= 15 is 0 Å². The number of ether oxygens (including phenoxy) is 1. The number of aromatic amines is 1. The quantitative estimate of drug-likeness (QED) is 0.629. The zero-order valence-electron chi connectivity index (χ0n) is 15.0. The highest BCUT2D eigenvalue weighted by atomic mass is 32.1. The molecule has 1 amide bonds. The lowest BCUT2D eigenvalue weighted by Crippen LogP contribution is -2.41. The second-order valence-corrected chi connectivity index (χ2v) is 8.21. The number of amides is 1. The maximum Gasteiger partial charge on any atom is 0.329 e. The van der Waals surface area contributed by atoms with E-state index in [4.69, 9.17) is 10.5 Å². The lowest BCUT2D eigenvalue weighted by Gasteiger charge is -2.29. The fourth-order valence-corrected chi connectivity index (χ4v) is 4.21. The van der Waals surface area contributed by atoms with Gasteiger partial charge in [-0.1, -0.05) is 0 Å². The topological polar surface area (TPSA) is 119 Å². The van der Waals surface area contributed by atoms with Gasteiger partial charge in [-0.25, -0.2) is 4.79 Å². The Bertz CT molecular complexity index is 941. The van der Waals surface area contributed by atoms with Crippen molar-refractivity contribution in [3.8, 4) is 0 Å². The van der Waals surface area contributed by atoms with Crippen LogP contribution in [0.1, 0.15) is 37.1 Å². The summed E-state index contributed by atoms with van der Waals surface area (Å²) in [5.41, 5.74) is 4.97. The van der Waals surface area contributed by atoms with Crippen molar-refractivity contribution in [1.29, 1.82) is 0 Å². The molecule has 2 aromatic heterocycles. The molecule has 3 heterocycles. The lowest BCUT2D eigenvalue weighted by molar-refractivity contribution is -0.121. The number of nitrogens with zero attached hydrogens (tertiary/aromatic N) is 1. The third-order valence-electron chi connectivity index (χ3n) is 4.47. The van der Waals surface area contributed by atoms with Crippen LogP contribution in [0.15, 0.2) is 9.59 Å². The molecule has 26 heavy (non-hydrogen) atoms. The van der Waals surface area contributed by atoms with Crippen molar-refractivity contribution in [2.75, 3.05) is 13.1 Å². The van der Waals surface area contributed by atoms with Gasteiger partial charge < -0.3 is 15.8 Å². The third kappa shape index (κ3) is 3.74. The predicted molar refractivity (Wildman–Crippen MR) is 101 cm³/mol. The summed E-state index contributed by atoms with van der Waals surface area (Å²) >= 11 is 1.37. The average Bonchev–Trinajstić information content (AvgIpc) is 2.91. The van der Waals surface area contributed by atoms with E-state index in [-0.39, 0.29) is 18.1 Å². The van der Waals surface area contributed by atoms with Crippen LogP contribution >= 0.6 is 11.3 Å². The van der Waals surface area contributed by atoms with E-state index in [9.17, 15) is 14.4 Å². The van der Waals surface area contributed by atoms with E-state index in [1.54, 1.807) is 0 Å². The third-order valence-corrected chi connectivity index (χ3v) is 5.59. The van der Waals surface area contributed by atoms with Crippen LogP contribution in [0.25, 0.3) is 10.2 Å². The smallest absolute Gasteiger partial charge is 0.329 e. The second-order valence-electron chi connectivity index (χ2n) is 7.10. The highest BCUT2D eigenvalue weighted by Gasteiger charge is 2.31. The summed E-state index contributed by atoms with van der Waals surface area (Å²) in [5, 5.41) is 3.21. The number of rotatable bonds is 6. The van der Waals surface area contributed by atoms with Crippen LogP contribution in [0.5, 0.6) is 0 Å². The number of fused-ring (bicyclic) bond motifs is 3. The Morgan fingerprint density at radius 2 is 2.15 bits per heavy atom. The van der Waals surface area contributed by atoms with Gasteiger partial charge in [-0.3, -0.25) is 19.1 Å². The highest BCUT2D eigenvalue weighted by molar-refractivity contribution is 7.18. The van der Waals surface area contributed by atoms with Crippen molar-refractivity contribution in [2.24, 2.45) is 5.73 Å². The maximum absolute atomic E-state index is 12.9. The average molecular weight is 380 g/mol. The minimum absolute atomic E-state index is 0.294. The lowest BCUT2D eigenvalue weighted by atomic mass is 9.94. The van der Waals surface area contributed by atoms with Crippen molar-refractivity contribution in [3.05, 3.63) is 31.3 Å². The van der Waals surface area contributed by atoms with Gasteiger partial charge in [-0.05, 0) is 38.8 Å². The zero-order chi connectivity index (χ0) is 18.9. The van der Waals surface area contributed by atoms with Crippen molar-refractivity contribution in [1.82, 2.24) is 14.9 Å². The first-order valence-corrected chi connectivity index (χ1v) is 9.52. The first-order valence-electron chi connectivity index (χ1n) is 8.70. The normalized spacial score (nSPS) is 15.8. The zero-order valence-corrected chi connectivity index (χ0v) is 15.8. The SMILES string of the molecule is CC1(C)Cc2c(sc3[nH]c(=O)n(CC(=O)NCCCCN)c(=O)c23)CO1. The number of nitrogens with one attached hydrogen (secondary N) is 2. The molecule has 0 aromatic carbocycles. The Labute approximate surface area is 154 Å². The first kappa shape index (κ1) is 18.8. The molecule has 2 aromatic rings. The number of hydrogen-bond acceptors (Lipinski definition) is 6. The number of hydrogen-bond donors (Lipinski definition) is 3. The van der Waals surface area contributed by atoms with Gasteiger partial charge in [0, 0.05) is 17.8 Å². The molecule has 9 heteroatoms. The van der Waals surface area contributed by atoms with Crippen LogP contribution in [-0.2, 0) is 29.1 Å². The Kier molecular flexibility index (Phi) is 5.31. The second kappa shape index (κ2) is 7.34. The molecule has 0 radical (unpaired) electrons. The number of carbonyl (C=O) groups is 1. The van der Waals surface area contributed by atoms with Crippen LogP contribution in [-0.4, -0.2) is 34.1 Å². The molecule has 0 saturated heterocycles. The molecule has 1 aliphatic rings. The van der Waals surface area contributed by atoms with Crippen molar-refractivity contribution >= 4 is 27.5 Å². The van der Waals surface area contributed by atoms with Crippen molar-refractivity contribution < 1.29 is 9.53 Å². The number of H-pyrrole nitrogens is 1. The Balaban J connectivity index is 1.91. The fourth-order valence-electron chi connectivity index (χ4n) is 3.10. The molecule has 1 aliphatic heterocycles. The molecule has 0 fully saturated rings. The van der Waals surface area contributed by atoms with E-state index in [0.717, 1.165) is 27.8 Å². The predicted octanol–water partition coefficient (Wildman–Crippen LogP) is 0.458. The van der Waals surface area contributed by atoms with Gasteiger partial charge in [-0.2, -0.15) is 0 Å². The molecule has 0 spiro atoms. The van der Waals surface area contributed by atoms with Crippen LogP contribution < -0.4 is 22.3 Å². The summed E-state index contributed by atoms with van der Waals surface area (Å²) in [7, 11) is 0. The number of thiophene rings is 1. The molecule has 0 unspecified atom stereocenters. The summed E-state index contributed by atoms with van der Waals surface area (Å²) in [5.74, 6) is -0.360. The molecule has 0 saturated carbocycles. The highest BCUT2D eigenvalue weighted by Crippen LogP contribution is 2.36. The number of nitrogens with two attached hydrogens (primary N) is 1. The largest absolute Gasteiger partial charge is 0.370 e. The Morgan fingerprint density at radius 3 is 2.88 bits per heavy atom. The van der Waals surface area contributed by atoms with Crippen LogP contribution in [0.2, 0.25) is 0 Å². The number of aromatic nitrogens is 2. The molecule has 142 valence electrons. The summed E-state index contributed by atoms with van der Waals surface area (Å²) in [4.78, 5) is 41.5. The molecule has 4 N–H and O–H groups in total. The number of carbonyl (C=O) groups excluding carboxylic acids is 1. The Hall–Kier alpha value is -1.97. The molecule has 0 aliphatic carbocycles. The van der Waals surface area contributed by atoms with Gasteiger partial charge in [-0.15, -0.1) is 11.3 Å². The van der Waals surface area contributed by atoms with E-state index in [1.165, 1.54) is 11.3 Å². The standard InChI is InChI=1S/C17H24N4O4S/c1-17(2)7-10-11(9-25-17)26-14-13(10)15(23)21(16(24)20-14)8-12(22)19-6-4-3-5-18/h3-9,18H2,1-2H3,(H,19,22)(H,20,24). The van der Waals surface area contributed by atoms with Gasteiger partial charge >= 0.3 is 5.69 Å². The molecular formula is C17H24N4O4S. The van der Waals surface area contributed by atoms with Crippen LogP contribution in [0.4, 0.5) is 0 Å². The van der Waals surface area contributed by atoms with E-state index in [1.807, 2.05) is 13.8 Å².